The molecule has 1 saturated heterocycles. The van der Waals surface area contributed by atoms with Crippen molar-refractivity contribution in [1.82, 2.24) is 5.16 Å². The molecule has 1 fully saturated rings. The zero-order chi connectivity index (χ0) is 10.1. The number of hydrogen-bond acceptors (Lipinski definition) is 4. The van der Waals surface area contributed by atoms with Crippen LogP contribution in [0.3, 0.4) is 0 Å². The number of nitrogens with zero attached hydrogens (tertiary/aromatic N) is 1. The van der Waals surface area contributed by atoms with Crippen LogP contribution in [0.15, 0.2) is 4.52 Å². The molecule has 76 valence electrons. The molecule has 14 heavy (non-hydrogen) atoms. The summed E-state index contributed by atoms with van der Waals surface area (Å²) in [6.07, 6.45) is 0.927. The Hall–Kier alpha value is -0.680. The zero-order valence-corrected chi connectivity index (χ0v) is 8.77. The van der Waals surface area contributed by atoms with Gasteiger partial charge in [-0.1, -0.05) is 16.8 Å². The molecule has 2 rings (SSSR count). The van der Waals surface area contributed by atoms with Crippen LogP contribution in [-0.2, 0) is 0 Å². The molecule has 0 amide bonds. The molecule has 1 unspecified atom stereocenters. The van der Waals surface area contributed by atoms with Crippen molar-refractivity contribution in [2.45, 2.75) is 12.3 Å². The SMILES string of the molecule is O=C(O)c1c(Cl)noc1C1CCSC1. The first kappa shape index (κ1) is 9.86. The van der Waals surface area contributed by atoms with Gasteiger partial charge < -0.3 is 9.63 Å². The van der Waals surface area contributed by atoms with Gasteiger partial charge in [0, 0.05) is 11.7 Å². The molecule has 1 N–H and O–H groups in total. The van der Waals surface area contributed by atoms with Gasteiger partial charge in [0.25, 0.3) is 0 Å². The van der Waals surface area contributed by atoms with E-state index in [0.717, 1.165) is 17.9 Å². The average Bonchev–Trinajstić information content (AvgIpc) is 2.70. The van der Waals surface area contributed by atoms with Gasteiger partial charge in [-0.15, -0.1) is 0 Å². The van der Waals surface area contributed by atoms with E-state index in [9.17, 15) is 4.79 Å². The predicted molar refractivity (Wildman–Crippen MR) is 53.2 cm³/mol. The number of carboxylic acids is 1. The lowest BCUT2D eigenvalue weighted by molar-refractivity contribution is 0.0694. The molecule has 6 heteroatoms. The molecule has 1 aromatic heterocycles. The number of thioether (sulfide) groups is 1. The fourth-order valence-corrected chi connectivity index (χ4v) is 2.92. The second-order valence-electron chi connectivity index (χ2n) is 3.08. The highest BCUT2D eigenvalue weighted by Crippen LogP contribution is 2.36. The molecule has 1 aliphatic heterocycles. The summed E-state index contributed by atoms with van der Waals surface area (Å²) < 4.78 is 4.96. The van der Waals surface area contributed by atoms with Crippen LogP contribution in [0.4, 0.5) is 0 Å². The van der Waals surface area contributed by atoms with Crippen LogP contribution in [0.25, 0.3) is 0 Å². The topological polar surface area (TPSA) is 63.3 Å². The number of carboxylic acid groups (broad SMARTS) is 1. The van der Waals surface area contributed by atoms with E-state index in [1.54, 1.807) is 11.8 Å². The van der Waals surface area contributed by atoms with E-state index in [4.69, 9.17) is 21.2 Å². The van der Waals surface area contributed by atoms with Gasteiger partial charge in [-0.2, -0.15) is 11.8 Å². The standard InChI is InChI=1S/C8H8ClNO3S/c9-7-5(8(11)12)6(13-10-7)4-1-2-14-3-4/h4H,1-3H2,(H,11,12). The Labute approximate surface area is 89.6 Å². The molecule has 1 aromatic rings. The van der Waals surface area contributed by atoms with Crippen molar-refractivity contribution in [2.24, 2.45) is 0 Å². The Morgan fingerprint density at radius 3 is 3.07 bits per heavy atom. The second kappa shape index (κ2) is 3.82. The number of aromatic carboxylic acids is 1. The monoisotopic (exact) mass is 233 g/mol. The first-order valence-corrected chi connectivity index (χ1v) is 5.69. The average molecular weight is 234 g/mol. The van der Waals surface area contributed by atoms with E-state index in [2.05, 4.69) is 5.16 Å². The maximum atomic E-state index is 10.9. The highest BCUT2D eigenvalue weighted by atomic mass is 35.5. The van der Waals surface area contributed by atoms with Crippen LogP contribution in [-0.4, -0.2) is 27.7 Å². The summed E-state index contributed by atoms with van der Waals surface area (Å²) in [6.45, 7) is 0. The van der Waals surface area contributed by atoms with Crippen LogP contribution in [0, 0.1) is 0 Å². The molecule has 0 saturated carbocycles. The van der Waals surface area contributed by atoms with Crippen LogP contribution < -0.4 is 0 Å². The molecule has 0 bridgehead atoms. The highest BCUT2D eigenvalue weighted by Gasteiger charge is 2.29. The Bertz CT molecular complexity index is 359. The van der Waals surface area contributed by atoms with Gasteiger partial charge in [0.15, 0.2) is 10.9 Å². The first-order chi connectivity index (χ1) is 6.70. The molecule has 0 radical (unpaired) electrons. The normalized spacial score (nSPS) is 21.4. The van der Waals surface area contributed by atoms with Crippen molar-refractivity contribution in [1.29, 1.82) is 0 Å². The Balaban J connectivity index is 2.37. The van der Waals surface area contributed by atoms with Crippen LogP contribution in [0.5, 0.6) is 0 Å². The molecule has 0 aromatic carbocycles. The lowest BCUT2D eigenvalue weighted by Gasteiger charge is -2.03. The van der Waals surface area contributed by atoms with Crippen LogP contribution in [0.1, 0.15) is 28.5 Å². The van der Waals surface area contributed by atoms with Crippen molar-refractivity contribution in [3.05, 3.63) is 16.5 Å². The molecule has 4 nitrogen and oxygen atoms in total. The summed E-state index contributed by atoms with van der Waals surface area (Å²) in [5, 5.41) is 12.3. The van der Waals surface area contributed by atoms with E-state index in [1.807, 2.05) is 0 Å². The van der Waals surface area contributed by atoms with Gasteiger partial charge in [0.1, 0.15) is 5.56 Å². The van der Waals surface area contributed by atoms with Gasteiger partial charge >= 0.3 is 5.97 Å². The minimum Gasteiger partial charge on any atom is -0.477 e. The van der Waals surface area contributed by atoms with E-state index >= 15 is 0 Å². The number of rotatable bonds is 2. The lowest BCUT2D eigenvalue weighted by atomic mass is 10.0. The third-order valence-corrected chi connectivity index (χ3v) is 3.61. The summed E-state index contributed by atoms with van der Waals surface area (Å²) >= 11 is 7.41. The number of hydrogen-bond donors (Lipinski definition) is 1. The van der Waals surface area contributed by atoms with E-state index in [0.29, 0.717) is 5.76 Å². The highest BCUT2D eigenvalue weighted by molar-refractivity contribution is 7.99. The van der Waals surface area contributed by atoms with E-state index in [1.165, 1.54) is 0 Å². The van der Waals surface area contributed by atoms with Crippen LogP contribution in [0.2, 0.25) is 5.15 Å². The molecule has 0 spiro atoms. The quantitative estimate of drug-likeness (QED) is 0.849. The molecule has 2 heterocycles. The first-order valence-electron chi connectivity index (χ1n) is 4.16. The molecular formula is C8H8ClNO3S. The number of carbonyl (C=O) groups is 1. The fourth-order valence-electron chi connectivity index (χ4n) is 1.50. The minimum atomic E-state index is -1.07. The van der Waals surface area contributed by atoms with Gasteiger partial charge in [-0.3, -0.25) is 0 Å². The van der Waals surface area contributed by atoms with Crippen molar-refractivity contribution in [3.8, 4) is 0 Å². The summed E-state index contributed by atoms with van der Waals surface area (Å²) in [4.78, 5) is 10.9. The largest absolute Gasteiger partial charge is 0.477 e. The smallest absolute Gasteiger partial charge is 0.342 e. The minimum absolute atomic E-state index is 0.0270. The van der Waals surface area contributed by atoms with Crippen molar-refractivity contribution in [3.63, 3.8) is 0 Å². The molecule has 0 aliphatic carbocycles. The van der Waals surface area contributed by atoms with Gasteiger partial charge in [-0.05, 0) is 12.2 Å². The van der Waals surface area contributed by atoms with Gasteiger partial charge in [0.2, 0.25) is 0 Å². The predicted octanol–water partition coefficient (Wildman–Crippen LogP) is 2.25. The maximum Gasteiger partial charge on any atom is 0.342 e. The summed E-state index contributed by atoms with van der Waals surface area (Å²) in [5.41, 5.74) is 0.0270. The molecule has 1 aliphatic rings. The Morgan fingerprint density at radius 2 is 2.50 bits per heavy atom. The zero-order valence-electron chi connectivity index (χ0n) is 7.20. The lowest BCUT2D eigenvalue weighted by Crippen LogP contribution is -2.04. The molecular weight excluding hydrogens is 226 g/mol. The third-order valence-electron chi connectivity index (χ3n) is 2.19. The third kappa shape index (κ3) is 1.62. The maximum absolute atomic E-state index is 10.9. The summed E-state index contributed by atoms with van der Waals surface area (Å²) in [6, 6.07) is 0. The summed E-state index contributed by atoms with van der Waals surface area (Å²) in [5.74, 6) is 1.41. The molecule has 1 atom stereocenters. The Kier molecular flexibility index (Phi) is 2.69. The van der Waals surface area contributed by atoms with Crippen molar-refractivity contribution in [2.75, 3.05) is 11.5 Å². The van der Waals surface area contributed by atoms with Crippen molar-refractivity contribution < 1.29 is 14.4 Å². The van der Waals surface area contributed by atoms with E-state index in [-0.39, 0.29) is 16.6 Å². The van der Waals surface area contributed by atoms with Gasteiger partial charge in [-0.25, -0.2) is 4.79 Å². The fraction of sp³-hybridized carbons (Fsp3) is 0.500. The Morgan fingerprint density at radius 1 is 1.71 bits per heavy atom. The van der Waals surface area contributed by atoms with Crippen molar-refractivity contribution >= 4 is 29.3 Å². The van der Waals surface area contributed by atoms with Crippen LogP contribution >= 0.6 is 23.4 Å². The number of halogens is 1. The van der Waals surface area contributed by atoms with E-state index < -0.39 is 5.97 Å². The van der Waals surface area contributed by atoms with Gasteiger partial charge in [0.05, 0.1) is 0 Å². The summed E-state index contributed by atoms with van der Waals surface area (Å²) in [7, 11) is 0. The number of aromatic nitrogens is 1. The second-order valence-corrected chi connectivity index (χ2v) is 4.59.